The number of carbonyl (C=O) groups is 2. The van der Waals surface area contributed by atoms with Crippen molar-refractivity contribution in [3.05, 3.63) is 121 Å². The highest BCUT2D eigenvalue weighted by Gasteiger charge is 2.37. The SMILES string of the molecule is CCOC(=O)C1=C(c2ccccc2)N=c2s/c(=C\[C@H]3C(=O)N(c4ccccc4)N=C3C)c(=O)n2[C@@H]1c1ccc(OC(C)C)cc1. The summed E-state index contributed by atoms with van der Waals surface area (Å²) < 4.78 is 13.3. The molecule has 6 rings (SSSR count). The number of fused-ring (bicyclic) bond motifs is 1. The lowest BCUT2D eigenvalue weighted by atomic mass is 9.93. The van der Waals surface area contributed by atoms with E-state index in [1.54, 1.807) is 19.9 Å². The van der Waals surface area contributed by atoms with E-state index in [0.717, 1.165) is 5.56 Å². The first-order valence-electron chi connectivity index (χ1n) is 14.8. The number of nitrogens with zero attached hydrogens (tertiary/aromatic N) is 4. The fraction of sp³-hybridized carbons (Fsp3) is 0.229. The van der Waals surface area contributed by atoms with Crippen molar-refractivity contribution in [2.45, 2.75) is 39.8 Å². The van der Waals surface area contributed by atoms with Crippen LogP contribution in [0.1, 0.15) is 44.9 Å². The fourth-order valence-electron chi connectivity index (χ4n) is 5.45. The predicted octanol–water partition coefficient (Wildman–Crippen LogP) is 4.71. The van der Waals surface area contributed by atoms with Crippen LogP contribution in [0.5, 0.6) is 5.75 Å². The van der Waals surface area contributed by atoms with E-state index < -0.39 is 17.9 Å². The highest BCUT2D eigenvalue weighted by Crippen LogP contribution is 2.36. The third kappa shape index (κ3) is 5.76. The maximum absolute atomic E-state index is 14.2. The van der Waals surface area contributed by atoms with Crippen LogP contribution in [0, 0.1) is 5.92 Å². The van der Waals surface area contributed by atoms with Crippen LogP contribution in [0.25, 0.3) is 11.8 Å². The smallest absolute Gasteiger partial charge is 0.338 e. The monoisotopic (exact) mass is 620 g/mol. The Labute approximate surface area is 264 Å². The first-order chi connectivity index (χ1) is 21.8. The summed E-state index contributed by atoms with van der Waals surface area (Å²) in [5.74, 6) is -0.868. The van der Waals surface area contributed by atoms with Crippen molar-refractivity contribution in [3.63, 3.8) is 0 Å². The average molecular weight is 621 g/mol. The molecule has 2 aliphatic heterocycles. The van der Waals surface area contributed by atoms with Gasteiger partial charge in [-0.1, -0.05) is 72.0 Å². The number of hydrogen-bond acceptors (Lipinski definition) is 8. The van der Waals surface area contributed by atoms with Gasteiger partial charge in [-0.15, -0.1) is 0 Å². The first-order valence-corrected chi connectivity index (χ1v) is 15.6. The highest BCUT2D eigenvalue weighted by molar-refractivity contribution is 7.07. The Kier molecular flexibility index (Phi) is 8.32. The second kappa shape index (κ2) is 12.5. The van der Waals surface area contributed by atoms with Gasteiger partial charge in [0.25, 0.3) is 11.5 Å². The maximum atomic E-state index is 14.2. The molecule has 3 aromatic carbocycles. The molecule has 0 saturated carbocycles. The standard InChI is InChI=1S/C35H32N4O5S/c1-5-43-34(42)29-30(23-12-8-6-9-13-23)36-35-38(31(29)24-16-18-26(19-17-24)44-21(2)3)33(41)28(45-35)20-27-22(4)37-39(32(27)40)25-14-10-7-11-15-25/h6-21,27,31H,5H2,1-4H3/b28-20-/t27-,31-/m1/s1. The summed E-state index contributed by atoms with van der Waals surface area (Å²) in [6.45, 7) is 7.56. The Bertz CT molecular complexity index is 1990. The summed E-state index contributed by atoms with van der Waals surface area (Å²) in [7, 11) is 0. The molecule has 0 bridgehead atoms. The molecule has 2 aliphatic rings. The van der Waals surface area contributed by atoms with Crippen LogP contribution >= 0.6 is 11.3 Å². The van der Waals surface area contributed by atoms with Crippen LogP contribution < -0.4 is 24.6 Å². The normalized spacial score (nSPS) is 18.2. The molecular formula is C35H32N4O5S. The molecule has 0 fully saturated rings. The number of benzene rings is 3. The zero-order valence-electron chi connectivity index (χ0n) is 25.3. The van der Waals surface area contributed by atoms with Crippen molar-refractivity contribution < 1.29 is 19.1 Å². The number of rotatable bonds is 8. The summed E-state index contributed by atoms with van der Waals surface area (Å²) in [6, 6.07) is 25.1. The summed E-state index contributed by atoms with van der Waals surface area (Å²) in [4.78, 5) is 46.7. The van der Waals surface area contributed by atoms with Gasteiger partial charge in [0.1, 0.15) is 11.7 Å². The minimum Gasteiger partial charge on any atom is -0.491 e. The largest absolute Gasteiger partial charge is 0.491 e. The number of hydrazone groups is 1. The van der Waals surface area contributed by atoms with Crippen LogP contribution in [0.4, 0.5) is 5.69 Å². The topological polar surface area (TPSA) is 103 Å². The molecule has 228 valence electrons. The quantitative estimate of drug-likeness (QED) is 0.266. The van der Waals surface area contributed by atoms with Gasteiger partial charge in [0.15, 0.2) is 4.80 Å². The number of para-hydroxylation sites is 1. The lowest BCUT2D eigenvalue weighted by Gasteiger charge is -2.26. The van der Waals surface area contributed by atoms with Crippen LogP contribution in [-0.4, -0.2) is 34.9 Å². The Hall–Kier alpha value is -5.09. The Morgan fingerprint density at radius 1 is 0.978 bits per heavy atom. The summed E-state index contributed by atoms with van der Waals surface area (Å²) in [6.07, 6.45) is 1.64. The number of hydrogen-bond donors (Lipinski definition) is 0. The van der Waals surface area contributed by atoms with E-state index in [4.69, 9.17) is 14.5 Å². The van der Waals surface area contributed by atoms with E-state index in [2.05, 4.69) is 5.10 Å². The minimum atomic E-state index is -0.833. The predicted molar refractivity (Wildman–Crippen MR) is 175 cm³/mol. The van der Waals surface area contributed by atoms with Gasteiger partial charge >= 0.3 is 5.97 Å². The molecule has 0 spiro atoms. The molecule has 1 amide bonds. The Morgan fingerprint density at radius 2 is 1.64 bits per heavy atom. The van der Waals surface area contributed by atoms with Gasteiger partial charge in [-0.2, -0.15) is 10.1 Å². The molecule has 9 nitrogen and oxygen atoms in total. The van der Waals surface area contributed by atoms with Crippen LogP contribution in [-0.2, 0) is 14.3 Å². The molecule has 0 N–H and O–H groups in total. The van der Waals surface area contributed by atoms with E-state index >= 15 is 0 Å². The second-order valence-electron chi connectivity index (χ2n) is 10.9. The van der Waals surface area contributed by atoms with Crippen molar-refractivity contribution in [1.29, 1.82) is 0 Å². The number of amides is 1. The molecule has 2 atom stereocenters. The van der Waals surface area contributed by atoms with E-state index in [0.29, 0.717) is 37.7 Å². The van der Waals surface area contributed by atoms with Crippen molar-refractivity contribution >= 4 is 46.4 Å². The van der Waals surface area contributed by atoms with Gasteiger partial charge in [-0.25, -0.2) is 9.79 Å². The molecule has 4 aromatic rings. The van der Waals surface area contributed by atoms with E-state index in [1.807, 2.05) is 98.8 Å². The zero-order chi connectivity index (χ0) is 31.7. The van der Waals surface area contributed by atoms with Gasteiger partial charge in [0.2, 0.25) is 0 Å². The number of carbonyl (C=O) groups excluding carboxylic acids is 2. The maximum Gasteiger partial charge on any atom is 0.338 e. The van der Waals surface area contributed by atoms with Gasteiger partial charge in [0, 0.05) is 5.56 Å². The van der Waals surface area contributed by atoms with Gasteiger partial charge in [0.05, 0.1) is 46.0 Å². The number of anilines is 1. The first kappa shape index (κ1) is 30.0. The number of thiazole rings is 1. The minimum absolute atomic E-state index is 0.0173. The molecule has 0 saturated heterocycles. The van der Waals surface area contributed by atoms with E-state index in [9.17, 15) is 14.4 Å². The number of esters is 1. The molecule has 45 heavy (non-hydrogen) atoms. The molecule has 0 unspecified atom stereocenters. The summed E-state index contributed by atoms with van der Waals surface area (Å²) in [5.41, 5.74) is 2.95. The summed E-state index contributed by atoms with van der Waals surface area (Å²) in [5, 5.41) is 5.85. The van der Waals surface area contributed by atoms with Crippen LogP contribution in [0.3, 0.4) is 0 Å². The lowest BCUT2D eigenvalue weighted by molar-refractivity contribution is -0.138. The van der Waals surface area contributed by atoms with Crippen molar-refractivity contribution in [1.82, 2.24) is 4.57 Å². The molecule has 1 aromatic heterocycles. The third-order valence-electron chi connectivity index (χ3n) is 7.44. The van der Waals surface area contributed by atoms with Crippen molar-refractivity contribution in [2.75, 3.05) is 11.6 Å². The number of ether oxygens (including phenoxy) is 2. The third-order valence-corrected chi connectivity index (χ3v) is 8.44. The molecule has 0 radical (unpaired) electrons. The molecule has 0 aliphatic carbocycles. The molecule has 3 heterocycles. The number of aromatic nitrogens is 1. The molecule has 10 heteroatoms. The molecular weight excluding hydrogens is 588 g/mol. The van der Waals surface area contributed by atoms with E-state index in [1.165, 1.54) is 20.9 Å². The van der Waals surface area contributed by atoms with Crippen molar-refractivity contribution in [2.24, 2.45) is 16.0 Å². The van der Waals surface area contributed by atoms with Crippen LogP contribution in [0.2, 0.25) is 0 Å². The Balaban J connectivity index is 1.53. The second-order valence-corrected chi connectivity index (χ2v) is 11.9. The van der Waals surface area contributed by atoms with Gasteiger partial charge < -0.3 is 9.47 Å². The van der Waals surface area contributed by atoms with Gasteiger partial charge in [-0.05, 0) is 63.6 Å². The zero-order valence-corrected chi connectivity index (χ0v) is 26.2. The van der Waals surface area contributed by atoms with Crippen molar-refractivity contribution in [3.8, 4) is 5.75 Å². The van der Waals surface area contributed by atoms with Crippen LogP contribution in [0.15, 0.2) is 105 Å². The highest BCUT2D eigenvalue weighted by atomic mass is 32.1. The van der Waals surface area contributed by atoms with E-state index in [-0.39, 0.29) is 29.8 Å². The fourth-order valence-corrected chi connectivity index (χ4v) is 6.46. The lowest BCUT2D eigenvalue weighted by Crippen LogP contribution is -2.40. The Morgan fingerprint density at radius 3 is 2.29 bits per heavy atom. The van der Waals surface area contributed by atoms with Gasteiger partial charge in [-0.3, -0.25) is 14.2 Å². The summed E-state index contributed by atoms with van der Waals surface area (Å²) >= 11 is 1.18. The average Bonchev–Trinajstić information content (AvgIpc) is 3.51.